The highest BCUT2D eigenvalue weighted by atomic mass is 32.1. The van der Waals surface area contributed by atoms with Gasteiger partial charge < -0.3 is 4.42 Å². The molecule has 168 valence electrons. The summed E-state index contributed by atoms with van der Waals surface area (Å²) in [5, 5.41) is 4.47. The van der Waals surface area contributed by atoms with Crippen molar-refractivity contribution in [3.05, 3.63) is 101 Å². The Hall–Kier alpha value is -3.81. The molecule has 0 spiro atoms. The van der Waals surface area contributed by atoms with Crippen LogP contribution in [0.3, 0.4) is 0 Å². The van der Waals surface area contributed by atoms with Gasteiger partial charge in [-0.1, -0.05) is 48.5 Å². The highest BCUT2D eigenvalue weighted by Crippen LogP contribution is 2.31. The van der Waals surface area contributed by atoms with Gasteiger partial charge in [-0.15, -0.1) is 11.3 Å². The molecule has 1 amide bonds. The second kappa shape index (κ2) is 8.85. The molecule has 0 saturated heterocycles. The number of pyridine rings is 1. The molecule has 34 heavy (non-hydrogen) atoms. The summed E-state index contributed by atoms with van der Waals surface area (Å²) in [6.07, 6.45) is 2.49. The van der Waals surface area contributed by atoms with Gasteiger partial charge in [-0.05, 0) is 29.8 Å². The first-order valence-corrected chi connectivity index (χ1v) is 12.0. The van der Waals surface area contributed by atoms with E-state index in [1.165, 1.54) is 10.4 Å². The number of amides is 1. The van der Waals surface area contributed by atoms with Gasteiger partial charge >= 0.3 is 0 Å². The first kappa shape index (κ1) is 20.8. The molecule has 1 N–H and O–H groups in total. The number of carbonyl (C=O) groups excluding carboxylic acids is 1. The van der Waals surface area contributed by atoms with Crippen molar-refractivity contribution in [2.24, 2.45) is 0 Å². The van der Waals surface area contributed by atoms with Gasteiger partial charge in [-0.2, -0.15) is 0 Å². The Morgan fingerprint density at radius 3 is 2.74 bits per heavy atom. The van der Waals surface area contributed by atoms with E-state index in [1.807, 2.05) is 42.5 Å². The minimum absolute atomic E-state index is 0.196. The van der Waals surface area contributed by atoms with E-state index in [4.69, 9.17) is 9.40 Å². The molecule has 1 aliphatic heterocycles. The van der Waals surface area contributed by atoms with E-state index in [0.717, 1.165) is 42.7 Å². The third kappa shape index (κ3) is 4.11. The van der Waals surface area contributed by atoms with E-state index in [0.29, 0.717) is 22.1 Å². The number of hydrogen-bond donors (Lipinski definition) is 1. The smallest absolute Gasteiger partial charge is 0.258 e. The van der Waals surface area contributed by atoms with Crippen LogP contribution in [-0.4, -0.2) is 27.3 Å². The molecule has 0 radical (unpaired) electrons. The Morgan fingerprint density at radius 1 is 1.03 bits per heavy atom. The third-order valence-corrected chi connectivity index (χ3v) is 7.01. The number of rotatable bonds is 5. The summed E-state index contributed by atoms with van der Waals surface area (Å²) in [6, 6.07) is 23.6. The van der Waals surface area contributed by atoms with E-state index < -0.39 is 0 Å². The summed E-state index contributed by atoms with van der Waals surface area (Å²) >= 11 is 1.56. The lowest BCUT2D eigenvalue weighted by Gasteiger charge is -2.25. The maximum Gasteiger partial charge on any atom is 0.258 e. The van der Waals surface area contributed by atoms with Crippen molar-refractivity contribution in [1.82, 2.24) is 14.9 Å². The van der Waals surface area contributed by atoms with Crippen molar-refractivity contribution in [2.45, 2.75) is 19.5 Å². The lowest BCUT2D eigenvalue weighted by molar-refractivity contribution is 0.102. The van der Waals surface area contributed by atoms with E-state index in [1.54, 1.807) is 23.7 Å². The molecule has 0 fully saturated rings. The molecular formula is C27H22N4O2S. The minimum atomic E-state index is -0.196. The van der Waals surface area contributed by atoms with Crippen LogP contribution >= 0.6 is 11.3 Å². The van der Waals surface area contributed by atoms with Crippen LogP contribution in [0, 0.1) is 0 Å². The summed E-state index contributed by atoms with van der Waals surface area (Å²) in [7, 11) is 0. The molecule has 4 heterocycles. The molecule has 2 aromatic carbocycles. The molecule has 0 aliphatic carbocycles. The van der Waals surface area contributed by atoms with Crippen molar-refractivity contribution in [3.63, 3.8) is 0 Å². The molecule has 1 aliphatic rings. The molecular weight excluding hydrogens is 444 g/mol. The molecule has 3 aromatic heterocycles. The average molecular weight is 467 g/mol. The van der Waals surface area contributed by atoms with Crippen LogP contribution in [0.25, 0.3) is 22.4 Å². The van der Waals surface area contributed by atoms with Crippen molar-refractivity contribution < 1.29 is 9.21 Å². The number of aromatic nitrogens is 2. The Labute approximate surface area is 200 Å². The predicted molar refractivity (Wildman–Crippen MR) is 134 cm³/mol. The van der Waals surface area contributed by atoms with Crippen molar-refractivity contribution in [1.29, 1.82) is 0 Å². The Bertz CT molecular complexity index is 1460. The number of carbonyl (C=O) groups is 1. The minimum Gasteiger partial charge on any atom is -0.463 e. The number of fused-ring (bicyclic) bond motifs is 2. The second-order valence-corrected chi connectivity index (χ2v) is 9.42. The first-order chi connectivity index (χ1) is 16.7. The number of para-hydroxylation sites is 1. The molecule has 0 saturated carbocycles. The zero-order chi connectivity index (χ0) is 22.9. The molecule has 0 atom stereocenters. The van der Waals surface area contributed by atoms with E-state index in [-0.39, 0.29) is 5.91 Å². The zero-order valence-corrected chi connectivity index (χ0v) is 19.2. The maximum absolute atomic E-state index is 13.4. The molecule has 5 aromatic rings. The predicted octanol–water partition coefficient (Wildman–Crippen LogP) is 5.76. The molecule has 7 heteroatoms. The van der Waals surface area contributed by atoms with Crippen LogP contribution in [0.15, 0.2) is 83.5 Å². The van der Waals surface area contributed by atoms with Gasteiger partial charge in [0.1, 0.15) is 5.69 Å². The second-order valence-electron chi connectivity index (χ2n) is 8.34. The standard InChI is InChI=1S/C27H22N4O2S/c32-26(20-15-23(24-11-6-14-33-24)28-21-10-5-4-9-19(20)21)30-27-29-22-12-13-31(17-25(22)34-27)16-18-7-2-1-3-8-18/h1-11,14-15H,12-13,16-17H2,(H,29,30,32). The van der Waals surface area contributed by atoms with Gasteiger partial charge in [0.15, 0.2) is 10.9 Å². The normalized spacial score (nSPS) is 13.6. The van der Waals surface area contributed by atoms with Crippen LogP contribution in [-0.2, 0) is 19.5 Å². The highest BCUT2D eigenvalue weighted by Gasteiger charge is 2.22. The van der Waals surface area contributed by atoms with Gasteiger partial charge in [0.25, 0.3) is 5.91 Å². The van der Waals surface area contributed by atoms with Crippen molar-refractivity contribution >= 4 is 33.3 Å². The number of benzene rings is 2. The van der Waals surface area contributed by atoms with Crippen LogP contribution in [0.1, 0.15) is 26.5 Å². The van der Waals surface area contributed by atoms with Gasteiger partial charge in [0.2, 0.25) is 0 Å². The van der Waals surface area contributed by atoms with Crippen LogP contribution < -0.4 is 5.32 Å². The number of furan rings is 1. The van der Waals surface area contributed by atoms with Crippen LogP contribution in [0.5, 0.6) is 0 Å². The maximum atomic E-state index is 13.4. The van der Waals surface area contributed by atoms with Crippen LogP contribution in [0.2, 0.25) is 0 Å². The van der Waals surface area contributed by atoms with E-state index >= 15 is 0 Å². The summed E-state index contributed by atoms with van der Waals surface area (Å²) in [6.45, 7) is 2.72. The fourth-order valence-electron chi connectivity index (χ4n) is 4.36. The fourth-order valence-corrected chi connectivity index (χ4v) is 5.40. The summed E-state index contributed by atoms with van der Waals surface area (Å²) in [4.78, 5) is 26.4. The van der Waals surface area contributed by atoms with Crippen molar-refractivity contribution in [3.8, 4) is 11.5 Å². The largest absolute Gasteiger partial charge is 0.463 e. The van der Waals surface area contributed by atoms with E-state index in [9.17, 15) is 4.79 Å². The number of hydrogen-bond acceptors (Lipinski definition) is 6. The monoisotopic (exact) mass is 466 g/mol. The van der Waals surface area contributed by atoms with Crippen molar-refractivity contribution in [2.75, 3.05) is 11.9 Å². The summed E-state index contributed by atoms with van der Waals surface area (Å²) in [5.74, 6) is 0.432. The van der Waals surface area contributed by atoms with Gasteiger partial charge in [-0.25, -0.2) is 9.97 Å². The quantitative estimate of drug-likeness (QED) is 0.356. The number of thiazole rings is 1. The van der Waals surface area contributed by atoms with Crippen LogP contribution in [0.4, 0.5) is 5.13 Å². The third-order valence-electron chi connectivity index (χ3n) is 6.01. The summed E-state index contributed by atoms with van der Waals surface area (Å²) in [5.41, 5.74) is 4.32. The number of anilines is 1. The average Bonchev–Trinajstić information content (AvgIpc) is 3.54. The molecule has 6 nitrogen and oxygen atoms in total. The fraction of sp³-hybridized carbons (Fsp3) is 0.148. The number of nitrogens with one attached hydrogen (secondary N) is 1. The molecule has 0 unspecified atom stereocenters. The van der Waals surface area contributed by atoms with E-state index in [2.05, 4.69) is 39.5 Å². The zero-order valence-electron chi connectivity index (χ0n) is 18.4. The molecule has 6 rings (SSSR count). The Morgan fingerprint density at radius 2 is 1.88 bits per heavy atom. The lowest BCUT2D eigenvalue weighted by Crippen LogP contribution is -2.29. The van der Waals surface area contributed by atoms with Gasteiger partial charge in [0.05, 0.1) is 23.0 Å². The molecule has 0 bridgehead atoms. The van der Waals surface area contributed by atoms with Gasteiger partial charge in [-0.3, -0.25) is 15.0 Å². The highest BCUT2D eigenvalue weighted by molar-refractivity contribution is 7.15. The SMILES string of the molecule is O=C(Nc1nc2c(s1)CN(Cc1ccccc1)CC2)c1cc(-c2ccco2)nc2ccccc12. The Kier molecular flexibility index (Phi) is 5.41. The number of nitrogens with zero attached hydrogens (tertiary/aromatic N) is 3. The topological polar surface area (TPSA) is 71.3 Å². The Balaban J connectivity index is 1.24. The first-order valence-electron chi connectivity index (χ1n) is 11.2. The van der Waals surface area contributed by atoms with Gasteiger partial charge in [0, 0.05) is 36.3 Å². The summed E-state index contributed by atoms with van der Waals surface area (Å²) < 4.78 is 5.52. The lowest BCUT2D eigenvalue weighted by atomic mass is 10.1.